The van der Waals surface area contributed by atoms with Gasteiger partial charge in [-0.3, -0.25) is 14.3 Å². The number of aromatic nitrogens is 2. The van der Waals surface area contributed by atoms with Crippen LogP contribution in [-0.2, 0) is 26.5 Å². The predicted octanol–water partition coefficient (Wildman–Crippen LogP) is 5.87. The van der Waals surface area contributed by atoms with Gasteiger partial charge < -0.3 is 28.6 Å². The zero-order valence-corrected chi connectivity index (χ0v) is 33.3. The summed E-state index contributed by atoms with van der Waals surface area (Å²) in [5.74, 6) is -0.874. The van der Waals surface area contributed by atoms with E-state index in [1.165, 1.54) is 38.0 Å². The molecule has 2 aliphatic carbocycles. The number of benzene rings is 2. The van der Waals surface area contributed by atoms with Gasteiger partial charge in [0.1, 0.15) is 15.7 Å². The molecule has 1 unspecified atom stereocenters. The molecule has 2 aliphatic heterocycles. The molecule has 14 heteroatoms. The second-order valence-corrected chi connectivity index (χ2v) is 17.4. The van der Waals surface area contributed by atoms with Crippen LogP contribution in [-0.4, -0.2) is 86.0 Å². The zero-order chi connectivity index (χ0) is 38.9. The summed E-state index contributed by atoms with van der Waals surface area (Å²) in [5.41, 5.74) is 4.55. The first-order chi connectivity index (χ1) is 26.5. The standard InChI is InChI=1S/C41H51N5O8S/c1-25-12-16-31-27(19-25)10-8-18-41(31)23-46-21-29-13-15-30(29)33(50-3)11-7-9-26(2)22-55(49,44-36(47)28-14-17-34(54-24-41)32(46)20-28)45-37(48)35-38(51-4)42-40(53-6)43-39(35)52-5/h7,11-12,14,16-17,19-20,26,29-30,33H,8-10,13,15,18,21-24H2,1-6H3,(H,44,45,47,48,49)/b11-7+/t26-,29-,30+,33-,41-,55?/m0/s1. The largest absolute Gasteiger partial charge is 0.490 e. The van der Waals surface area contributed by atoms with Crippen LogP contribution in [0.15, 0.2) is 52.9 Å². The maximum Gasteiger partial charge on any atom is 0.322 e. The number of aryl methyl sites for hydroxylation is 2. The molecule has 294 valence electrons. The van der Waals surface area contributed by atoms with E-state index in [1.54, 1.807) is 19.2 Å². The van der Waals surface area contributed by atoms with E-state index in [-0.39, 0.29) is 52.1 Å². The van der Waals surface area contributed by atoms with Gasteiger partial charge in [-0.25, -0.2) is 4.21 Å². The minimum Gasteiger partial charge on any atom is -0.490 e. The molecule has 1 N–H and O–H groups in total. The highest BCUT2D eigenvalue weighted by molar-refractivity contribution is 7.92. The number of hydrogen-bond donors (Lipinski definition) is 1. The van der Waals surface area contributed by atoms with E-state index in [9.17, 15) is 13.8 Å². The van der Waals surface area contributed by atoms with Gasteiger partial charge in [-0.05, 0) is 92.5 Å². The van der Waals surface area contributed by atoms with Crippen LogP contribution in [0.3, 0.4) is 0 Å². The van der Waals surface area contributed by atoms with Crippen molar-refractivity contribution in [2.24, 2.45) is 22.1 Å². The minimum atomic E-state index is -3.74. The van der Waals surface area contributed by atoms with Crippen LogP contribution in [0, 0.1) is 24.7 Å². The topological polar surface area (TPSA) is 151 Å². The Labute approximate surface area is 323 Å². The Balaban J connectivity index is 1.31. The van der Waals surface area contributed by atoms with Crippen LogP contribution in [0.25, 0.3) is 0 Å². The fraction of sp³-hybridized carbons (Fsp3) is 0.512. The summed E-state index contributed by atoms with van der Waals surface area (Å²) < 4.78 is 50.3. The maximum atomic E-state index is 14.8. The summed E-state index contributed by atoms with van der Waals surface area (Å²) in [4.78, 5) is 38.7. The van der Waals surface area contributed by atoms with E-state index >= 15 is 0 Å². The van der Waals surface area contributed by atoms with Crippen molar-refractivity contribution in [1.82, 2.24) is 14.7 Å². The van der Waals surface area contributed by atoms with Crippen LogP contribution in [0.5, 0.6) is 23.5 Å². The van der Waals surface area contributed by atoms with Crippen molar-refractivity contribution in [3.63, 3.8) is 0 Å². The van der Waals surface area contributed by atoms with Crippen LogP contribution in [0.1, 0.15) is 76.4 Å². The van der Waals surface area contributed by atoms with E-state index < -0.39 is 21.7 Å². The lowest BCUT2D eigenvalue weighted by Crippen LogP contribution is -2.49. The highest BCUT2D eigenvalue weighted by atomic mass is 32.2. The lowest BCUT2D eigenvalue weighted by Gasteiger charge is -2.46. The van der Waals surface area contributed by atoms with E-state index in [1.807, 2.05) is 19.1 Å². The molecular formula is C41H51N5O8S. The van der Waals surface area contributed by atoms with Gasteiger partial charge in [-0.1, -0.05) is 42.8 Å². The number of nitrogens with one attached hydrogen (secondary N) is 1. The molecule has 0 radical (unpaired) electrons. The van der Waals surface area contributed by atoms with Gasteiger partial charge in [0, 0.05) is 31.2 Å². The van der Waals surface area contributed by atoms with Crippen LogP contribution in [0.2, 0.25) is 0 Å². The molecule has 4 aliphatic rings. The zero-order valence-electron chi connectivity index (χ0n) is 32.5. The van der Waals surface area contributed by atoms with Gasteiger partial charge in [-0.2, -0.15) is 9.97 Å². The Hall–Kier alpha value is -4.69. The molecule has 0 saturated heterocycles. The Morgan fingerprint density at radius 3 is 2.51 bits per heavy atom. The third kappa shape index (κ3) is 7.75. The summed E-state index contributed by atoms with van der Waals surface area (Å²) in [6, 6.07) is 12.0. The molecule has 1 fully saturated rings. The third-order valence-corrected chi connectivity index (χ3v) is 13.6. The van der Waals surface area contributed by atoms with Gasteiger partial charge in [0.2, 0.25) is 11.8 Å². The fourth-order valence-electron chi connectivity index (χ4n) is 8.71. The van der Waals surface area contributed by atoms with Crippen LogP contribution >= 0.6 is 0 Å². The summed E-state index contributed by atoms with van der Waals surface area (Å²) in [5, 5.41) is 0. The first kappa shape index (κ1) is 38.6. The summed E-state index contributed by atoms with van der Waals surface area (Å²) in [7, 11) is 2.03. The number of amides is 2. The van der Waals surface area contributed by atoms with Crippen molar-refractivity contribution in [3.8, 4) is 23.5 Å². The molecule has 7 rings (SSSR count). The lowest BCUT2D eigenvalue weighted by atomic mass is 9.68. The SMILES string of the molecule is COc1nc(OC)c(C(=O)NS2(=O)=NC(=O)c3ccc4c(c3)N(C[C@@H]3CC[C@H]3[C@@H](OC)/C=C/C[C@H](C)C2)C[C@@]2(CCCc3cc(C)ccc32)CO4)c(OC)n1. The second kappa shape index (κ2) is 15.8. The smallest absolute Gasteiger partial charge is 0.322 e. The van der Waals surface area contributed by atoms with Crippen LogP contribution < -0.4 is 28.6 Å². The molecule has 3 aromatic rings. The van der Waals surface area contributed by atoms with Crippen molar-refractivity contribution in [2.45, 2.75) is 63.9 Å². The van der Waals surface area contributed by atoms with Crippen molar-refractivity contribution in [1.29, 1.82) is 0 Å². The first-order valence-corrected chi connectivity index (χ1v) is 20.6. The number of allylic oxidation sites excluding steroid dienone is 1. The number of fused-ring (bicyclic) bond motifs is 4. The number of methoxy groups -OCH3 is 4. The molecule has 3 heterocycles. The summed E-state index contributed by atoms with van der Waals surface area (Å²) >= 11 is 0. The second-order valence-electron chi connectivity index (χ2n) is 15.4. The number of anilines is 1. The molecule has 1 aromatic heterocycles. The number of rotatable bonds is 6. The fourth-order valence-corrected chi connectivity index (χ4v) is 10.6. The monoisotopic (exact) mass is 773 g/mol. The van der Waals surface area contributed by atoms with E-state index in [0.29, 0.717) is 30.6 Å². The molecule has 2 aromatic carbocycles. The van der Waals surface area contributed by atoms with Gasteiger partial charge in [0.25, 0.3) is 11.8 Å². The molecule has 55 heavy (non-hydrogen) atoms. The number of hydrogen-bond acceptors (Lipinski definition) is 11. The van der Waals surface area contributed by atoms with Crippen molar-refractivity contribution in [2.75, 3.05) is 58.8 Å². The van der Waals surface area contributed by atoms with Crippen LogP contribution in [0.4, 0.5) is 5.69 Å². The third-order valence-electron chi connectivity index (χ3n) is 11.6. The number of carbonyl (C=O) groups excluding carboxylic acids is 2. The highest BCUT2D eigenvalue weighted by Gasteiger charge is 2.44. The number of ether oxygens (including phenoxy) is 5. The summed E-state index contributed by atoms with van der Waals surface area (Å²) in [6.45, 7) is 6.05. The van der Waals surface area contributed by atoms with Gasteiger partial charge in [0.15, 0.2) is 5.56 Å². The van der Waals surface area contributed by atoms with Crippen molar-refractivity contribution >= 4 is 27.4 Å². The molecular weight excluding hydrogens is 723 g/mol. The van der Waals surface area contributed by atoms with E-state index in [0.717, 1.165) is 50.9 Å². The number of nitrogens with zero attached hydrogens (tertiary/aromatic N) is 4. The molecule has 6 atom stereocenters. The molecule has 2 bridgehead atoms. The highest BCUT2D eigenvalue weighted by Crippen LogP contribution is 2.47. The minimum absolute atomic E-state index is 0.0862. The van der Waals surface area contributed by atoms with Gasteiger partial charge >= 0.3 is 6.01 Å². The molecule has 1 spiro atoms. The molecule has 2 amide bonds. The van der Waals surface area contributed by atoms with E-state index in [2.05, 4.69) is 55.2 Å². The average molecular weight is 774 g/mol. The first-order valence-electron chi connectivity index (χ1n) is 18.9. The van der Waals surface area contributed by atoms with Crippen molar-refractivity contribution < 1.29 is 37.5 Å². The Kier molecular flexibility index (Phi) is 11.1. The average Bonchev–Trinajstić information content (AvgIpc) is 3.31. The molecule has 13 nitrogen and oxygen atoms in total. The van der Waals surface area contributed by atoms with Gasteiger partial charge in [0.05, 0.1) is 45.5 Å². The molecule has 1 saturated carbocycles. The predicted molar refractivity (Wildman–Crippen MR) is 209 cm³/mol. The Morgan fingerprint density at radius 2 is 1.82 bits per heavy atom. The lowest BCUT2D eigenvalue weighted by molar-refractivity contribution is 0.0131. The number of carbonyl (C=O) groups is 2. The summed E-state index contributed by atoms with van der Waals surface area (Å²) in [6.07, 6.45) is 9.80. The normalized spacial score (nSPS) is 28.3. The van der Waals surface area contributed by atoms with Gasteiger partial charge in [-0.15, -0.1) is 4.36 Å². The van der Waals surface area contributed by atoms with Crippen molar-refractivity contribution in [3.05, 3.63) is 76.4 Å². The maximum absolute atomic E-state index is 14.8. The quantitative estimate of drug-likeness (QED) is 0.300. The van der Waals surface area contributed by atoms with E-state index in [4.69, 9.17) is 23.7 Å². The Bertz CT molecular complexity index is 2090. The Morgan fingerprint density at radius 1 is 1.04 bits per heavy atom.